The van der Waals surface area contributed by atoms with E-state index < -0.39 is 0 Å². The first-order valence-corrected chi connectivity index (χ1v) is 7.72. The van der Waals surface area contributed by atoms with Crippen LogP contribution in [0.25, 0.3) is 0 Å². The number of ether oxygens (including phenoxy) is 1. The molecule has 0 aromatic heterocycles. The van der Waals surface area contributed by atoms with Gasteiger partial charge in [-0.15, -0.1) is 0 Å². The van der Waals surface area contributed by atoms with Gasteiger partial charge in [0.15, 0.2) is 0 Å². The molecule has 0 bridgehead atoms. The molecule has 1 saturated heterocycles. The summed E-state index contributed by atoms with van der Waals surface area (Å²) in [6.45, 7) is 1.43. The van der Waals surface area contributed by atoms with Crippen LogP contribution in [-0.2, 0) is 20.9 Å². The van der Waals surface area contributed by atoms with Crippen molar-refractivity contribution in [2.24, 2.45) is 0 Å². The van der Waals surface area contributed by atoms with Crippen molar-refractivity contribution < 1.29 is 14.3 Å². The van der Waals surface area contributed by atoms with Crippen LogP contribution < -0.4 is 0 Å². The molecule has 1 aliphatic rings. The quantitative estimate of drug-likeness (QED) is 0.783. The molecule has 2 amide bonds. The predicted octanol–water partition coefficient (Wildman–Crippen LogP) is 2.91. The van der Waals surface area contributed by atoms with Crippen LogP contribution in [-0.4, -0.2) is 29.9 Å². The molecule has 0 atom stereocenters. The molecule has 1 aromatic rings. The van der Waals surface area contributed by atoms with Crippen molar-refractivity contribution in [2.75, 3.05) is 13.2 Å². The number of imide groups is 1. The fourth-order valence-electron chi connectivity index (χ4n) is 2.48. The van der Waals surface area contributed by atoms with Gasteiger partial charge >= 0.3 is 0 Å². The standard InChI is InChI=1S/C17H23NO3/c19-16-10-6-1-2-7-12-18(16)17(20)11-13-21-14-15-8-4-3-5-9-15/h3-5,8-9H,1-2,6-7,10-14H2. The van der Waals surface area contributed by atoms with Crippen molar-refractivity contribution in [2.45, 2.75) is 45.1 Å². The molecule has 0 aliphatic carbocycles. The zero-order chi connectivity index (χ0) is 14.9. The number of likely N-dealkylation sites (tertiary alicyclic amines) is 1. The molecule has 1 heterocycles. The first-order chi connectivity index (χ1) is 10.3. The van der Waals surface area contributed by atoms with E-state index in [2.05, 4.69) is 0 Å². The lowest BCUT2D eigenvalue weighted by atomic mass is 10.1. The number of rotatable bonds is 5. The van der Waals surface area contributed by atoms with E-state index in [9.17, 15) is 9.59 Å². The third kappa shape index (κ3) is 5.31. The summed E-state index contributed by atoms with van der Waals surface area (Å²) in [6, 6.07) is 9.86. The van der Waals surface area contributed by atoms with Gasteiger partial charge < -0.3 is 4.74 Å². The number of carbonyl (C=O) groups excluding carboxylic acids is 2. The van der Waals surface area contributed by atoms with Crippen molar-refractivity contribution >= 4 is 11.8 Å². The molecule has 4 nitrogen and oxygen atoms in total. The Labute approximate surface area is 126 Å². The maximum Gasteiger partial charge on any atom is 0.231 e. The SMILES string of the molecule is O=C1CCCCCCN1C(=O)CCOCc1ccccc1. The number of nitrogens with zero attached hydrogens (tertiary/aromatic N) is 1. The van der Waals surface area contributed by atoms with E-state index in [1.165, 1.54) is 4.90 Å². The summed E-state index contributed by atoms with van der Waals surface area (Å²) in [7, 11) is 0. The fraction of sp³-hybridized carbons (Fsp3) is 0.529. The highest BCUT2D eigenvalue weighted by Gasteiger charge is 2.21. The Kier molecular flexibility index (Phi) is 6.41. The van der Waals surface area contributed by atoms with Gasteiger partial charge in [-0.05, 0) is 18.4 Å². The second kappa shape index (κ2) is 8.57. The summed E-state index contributed by atoms with van der Waals surface area (Å²) in [5.74, 6) is -0.127. The van der Waals surface area contributed by atoms with Gasteiger partial charge in [-0.3, -0.25) is 14.5 Å². The molecule has 4 heteroatoms. The molecule has 1 aliphatic heterocycles. The van der Waals surface area contributed by atoms with Crippen LogP contribution in [0.5, 0.6) is 0 Å². The maximum absolute atomic E-state index is 12.1. The third-order valence-corrected chi connectivity index (χ3v) is 3.70. The lowest BCUT2D eigenvalue weighted by Gasteiger charge is -2.23. The molecule has 21 heavy (non-hydrogen) atoms. The molecule has 2 rings (SSSR count). The second-order valence-electron chi connectivity index (χ2n) is 5.39. The van der Waals surface area contributed by atoms with E-state index in [-0.39, 0.29) is 18.2 Å². The van der Waals surface area contributed by atoms with Crippen LogP contribution in [0.15, 0.2) is 30.3 Å². The van der Waals surface area contributed by atoms with Gasteiger partial charge in [0.2, 0.25) is 11.8 Å². The normalized spacial score (nSPS) is 16.4. The summed E-state index contributed by atoms with van der Waals surface area (Å²) < 4.78 is 5.51. The molecule has 0 N–H and O–H groups in total. The van der Waals surface area contributed by atoms with Crippen molar-refractivity contribution in [1.29, 1.82) is 0 Å². The van der Waals surface area contributed by atoms with Crippen LogP contribution in [0.3, 0.4) is 0 Å². The largest absolute Gasteiger partial charge is 0.376 e. The summed E-state index contributed by atoms with van der Waals surface area (Å²) in [4.78, 5) is 25.5. The zero-order valence-electron chi connectivity index (χ0n) is 12.4. The highest BCUT2D eigenvalue weighted by atomic mass is 16.5. The van der Waals surface area contributed by atoms with Gasteiger partial charge in [0.1, 0.15) is 0 Å². The lowest BCUT2D eigenvalue weighted by molar-refractivity contribution is -0.146. The second-order valence-corrected chi connectivity index (χ2v) is 5.39. The predicted molar refractivity (Wildman–Crippen MR) is 80.5 cm³/mol. The van der Waals surface area contributed by atoms with Gasteiger partial charge in [0.25, 0.3) is 0 Å². The average molecular weight is 289 g/mol. The maximum atomic E-state index is 12.1. The van der Waals surface area contributed by atoms with Crippen molar-refractivity contribution in [3.8, 4) is 0 Å². The number of benzene rings is 1. The Morgan fingerprint density at radius 3 is 2.67 bits per heavy atom. The van der Waals surface area contributed by atoms with Crippen molar-refractivity contribution in [3.63, 3.8) is 0 Å². The Bertz CT molecular complexity index is 458. The molecular weight excluding hydrogens is 266 g/mol. The smallest absolute Gasteiger partial charge is 0.231 e. The first kappa shape index (κ1) is 15.7. The molecule has 0 saturated carbocycles. The lowest BCUT2D eigenvalue weighted by Crippen LogP contribution is -2.38. The zero-order valence-corrected chi connectivity index (χ0v) is 12.4. The molecule has 0 radical (unpaired) electrons. The Balaban J connectivity index is 1.71. The fourth-order valence-corrected chi connectivity index (χ4v) is 2.48. The van der Waals surface area contributed by atoms with Crippen molar-refractivity contribution in [3.05, 3.63) is 35.9 Å². The van der Waals surface area contributed by atoms with Crippen LogP contribution in [0.2, 0.25) is 0 Å². The third-order valence-electron chi connectivity index (χ3n) is 3.70. The van der Waals surface area contributed by atoms with Gasteiger partial charge in [0, 0.05) is 13.0 Å². The topological polar surface area (TPSA) is 46.6 Å². The van der Waals surface area contributed by atoms with E-state index in [1.807, 2.05) is 30.3 Å². The van der Waals surface area contributed by atoms with E-state index >= 15 is 0 Å². The number of hydrogen-bond acceptors (Lipinski definition) is 3. The molecule has 0 spiro atoms. The molecule has 114 valence electrons. The van der Waals surface area contributed by atoms with Crippen LogP contribution in [0, 0.1) is 0 Å². The highest BCUT2D eigenvalue weighted by molar-refractivity contribution is 5.95. The van der Waals surface area contributed by atoms with E-state index in [0.29, 0.717) is 26.2 Å². The summed E-state index contributed by atoms with van der Waals surface area (Å²) in [6.07, 6.45) is 4.78. The average Bonchev–Trinajstić information content (AvgIpc) is 2.49. The molecule has 0 unspecified atom stereocenters. The van der Waals surface area contributed by atoms with Crippen molar-refractivity contribution in [1.82, 2.24) is 4.90 Å². The number of hydrogen-bond donors (Lipinski definition) is 0. The van der Waals surface area contributed by atoms with Gasteiger partial charge in [-0.2, -0.15) is 0 Å². The minimum absolute atomic E-state index is 0.0252. The first-order valence-electron chi connectivity index (χ1n) is 7.72. The number of amides is 2. The molecule has 1 fully saturated rings. The summed E-state index contributed by atoms with van der Waals surface area (Å²) >= 11 is 0. The van der Waals surface area contributed by atoms with Gasteiger partial charge in [0.05, 0.1) is 19.6 Å². The molecular formula is C17H23NO3. The summed E-state index contributed by atoms with van der Waals surface area (Å²) in [5, 5.41) is 0. The summed E-state index contributed by atoms with van der Waals surface area (Å²) in [5.41, 5.74) is 1.09. The van der Waals surface area contributed by atoms with Crippen LogP contribution in [0.4, 0.5) is 0 Å². The minimum Gasteiger partial charge on any atom is -0.376 e. The van der Waals surface area contributed by atoms with Gasteiger partial charge in [-0.1, -0.05) is 43.2 Å². The van der Waals surface area contributed by atoms with Crippen LogP contribution >= 0.6 is 0 Å². The Morgan fingerprint density at radius 1 is 1.10 bits per heavy atom. The monoisotopic (exact) mass is 289 g/mol. The van der Waals surface area contributed by atoms with Crippen LogP contribution in [0.1, 0.15) is 44.1 Å². The Morgan fingerprint density at radius 2 is 1.86 bits per heavy atom. The van der Waals surface area contributed by atoms with E-state index in [1.54, 1.807) is 0 Å². The molecule has 1 aromatic carbocycles. The van der Waals surface area contributed by atoms with E-state index in [0.717, 1.165) is 31.2 Å². The van der Waals surface area contributed by atoms with E-state index in [4.69, 9.17) is 4.74 Å². The minimum atomic E-state index is -0.102. The number of carbonyl (C=O) groups is 2. The van der Waals surface area contributed by atoms with Gasteiger partial charge in [-0.25, -0.2) is 0 Å². The Hall–Kier alpha value is -1.68. The highest BCUT2D eigenvalue weighted by Crippen LogP contribution is 2.12.